The van der Waals surface area contributed by atoms with E-state index in [2.05, 4.69) is 14.8 Å². The van der Waals surface area contributed by atoms with Crippen molar-refractivity contribution in [2.45, 2.75) is 31.1 Å². The lowest BCUT2D eigenvalue weighted by Gasteiger charge is -2.15. The average Bonchev–Trinajstić information content (AvgIpc) is 2.97. The number of para-hydroxylation sites is 1. The first kappa shape index (κ1) is 15.8. The normalized spacial score (nSPS) is 22.0. The molecule has 0 aliphatic carbocycles. The first-order valence-electron chi connectivity index (χ1n) is 6.88. The van der Waals surface area contributed by atoms with Crippen molar-refractivity contribution in [2.24, 2.45) is 0 Å². The van der Waals surface area contributed by atoms with Gasteiger partial charge in [-0.15, -0.1) is 0 Å². The number of hydrogen-bond acceptors (Lipinski definition) is 5. The summed E-state index contributed by atoms with van der Waals surface area (Å²) in [5.74, 6) is -0.429. The summed E-state index contributed by atoms with van der Waals surface area (Å²) in [6.45, 7) is 2.21. The number of methoxy groups -OCH3 is 1. The van der Waals surface area contributed by atoms with Crippen LogP contribution < -0.4 is 10.0 Å². The number of ether oxygens (including phenoxy) is 1. The third-order valence-electron chi connectivity index (χ3n) is 3.67. The van der Waals surface area contributed by atoms with Crippen molar-refractivity contribution in [3.05, 3.63) is 29.8 Å². The van der Waals surface area contributed by atoms with Crippen LogP contribution in [-0.4, -0.2) is 39.3 Å². The maximum absolute atomic E-state index is 12.4. The molecule has 1 fully saturated rings. The minimum absolute atomic E-state index is 0.219. The van der Waals surface area contributed by atoms with Crippen LogP contribution in [0, 0.1) is 0 Å². The molecular formula is C14H20N2O4S. The Kier molecular flexibility index (Phi) is 4.84. The lowest BCUT2D eigenvalue weighted by molar-refractivity contribution is -0.142. The zero-order valence-electron chi connectivity index (χ0n) is 12.1. The molecule has 7 heteroatoms. The third-order valence-corrected chi connectivity index (χ3v) is 5.41. The van der Waals surface area contributed by atoms with Gasteiger partial charge in [0, 0.05) is 6.54 Å². The maximum Gasteiger partial charge on any atom is 0.322 e. The summed E-state index contributed by atoms with van der Waals surface area (Å²) in [7, 11) is -2.25. The van der Waals surface area contributed by atoms with Gasteiger partial charge >= 0.3 is 5.97 Å². The van der Waals surface area contributed by atoms with E-state index in [1.54, 1.807) is 12.1 Å². The lowest BCUT2D eigenvalue weighted by Crippen LogP contribution is -2.31. The Labute approximate surface area is 124 Å². The summed E-state index contributed by atoms with van der Waals surface area (Å²) in [6, 6.07) is 6.75. The van der Waals surface area contributed by atoms with Gasteiger partial charge in [-0.1, -0.05) is 25.1 Å². The molecule has 0 radical (unpaired) electrons. The fourth-order valence-corrected chi connectivity index (χ4v) is 3.86. The van der Waals surface area contributed by atoms with Gasteiger partial charge in [0.05, 0.1) is 18.0 Å². The second-order valence-corrected chi connectivity index (χ2v) is 6.96. The smallest absolute Gasteiger partial charge is 0.322 e. The van der Waals surface area contributed by atoms with Crippen LogP contribution in [0.1, 0.15) is 18.9 Å². The van der Waals surface area contributed by atoms with Crippen molar-refractivity contribution in [3.63, 3.8) is 0 Å². The van der Waals surface area contributed by atoms with Crippen molar-refractivity contribution < 1.29 is 17.9 Å². The topological polar surface area (TPSA) is 84.5 Å². The summed E-state index contributed by atoms with van der Waals surface area (Å²) in [5, 5.41) is 2.24. The second-order valence-electron chi connectivity index (χ2n) is 5.00. The minimum atomic E-state index is -3.54. The Bertz CT molecular complexity index is 615. The molecule has 1 saturated heterocycles. The highest BCUT2D eigenvalue weighted by molar-refractivity contribution is 7.93. The monoisotopic (exact) mass is 312 g/mol. The molecule has 0 aromatic heterocycles. The fourth-order valence-electron chi connectivity index (χ4n) is 2.43. The SMILES string of the molecule is CCc1ccccc1NS(=O)(=O)C1CNC(C(=O)OC)C1. The van der Waals surface area contributed by atoms with E-state index >= 15 is 0 Å². The summed E-state index contributed by atoms with van der Waals surface area (Å²) >= 11 is 0. The number of hydrogen-bond donors (Lipinski definition) is 2. The molecule has 2 atom stereocenters. The highest BCUT2D eigenvalue weighted by atomic mass is 32.2. The van der Waals surface area contributed by atoms with Crippen molar-refractivity contribution in [3.8, 4) is 0 Å². The molecule has 1 aromatic rings. The average molecular weight is 312 g/mol. The van der Waals surface area contributed by atoms with Crippen LogP contribution >= 0.6 is 0 Å². The zero-order valence-corrected chi connectivity index (χ0v) is 12.9. The molecule has 2 N–H and O–H groups in total. The highest BCUT2D eigenvalue weighted by Gasteiger charge is 2.37. The molecule has 1 aromatic carbocycles. The molecule has 2 unspecified atom stereocenters. The van der Waals surface area contributed by atoms with Gasteiger partial charge in [-0.2, -0.15) is 0 Å². The third kappa shape index (κ3) is 3.54. The van der Waals surface area contributed by atoms with E-state index in [0.717, 1.165) is 12.0 Å². The van der Waals surface area contributed by atoms with Crippen LogP contribution in [-0.2, 0) is 26.0 Å². The van der Waals surface area contributed by atoms with Gasteiger partial charge in [0.1, 0.15) is 6.04 Å². The zero-order chi connectivity index (χ0) is 15.5. The number of benzene rings is 1. The molecule has 6 nitrogen and oxygen atoms in total. The summed E-state index contributed by atoms with van der Waals surface area (Å²) < 4.78 is 32.1. The van der Waals surface area contributed by atoms with Gasteiger partial charge in [0.25, 0.3) is 0 Å². The van der Waals surface area contributed by atoms with Crippen molar-refractivity contribution in [2.75, 3.05) is 18.4 Å². The molecule has 2 rings (SSSR count). The summed E-state index contributed by atoms with van der Waals surface area (Å²) in [6.07, 6.45) is 0.961. The van der Waals surface area contributed by atoms with E-state index in [1.165, 1.54) is 7.11 Å². The van der Waals surface area contributed by atoms with Crippen LogP contribution in [0.25, 0.3) is 0 Å². The standard InChI is InChI=1S/C14H20N2O4S/c1-3-10-6-4-5-7-12(10)16-21(18,19)11-8-13(15-9-11)14(17)20-2/h4-7,11,13,15-16H,3,8-9H2,1-2H3. The molecule has 1 aliphatic heterocycles. The molecule has 0 bridgehead atoms. The van der Waals surface area contributed by atoms with E-state index < -0.39 is 27.3 Å². The Hall–Kier alpha value is -1.60. The fraction of sp³-hybridized carbons (Fsp3) is 0.500. The van der Waals surface area contributed by atoms with E-state index in [9.17, 15) is 13.2 Å². The predicted octanol–water partition coefficient (Wildman–Crippen LogP) is 0.894. The van der Waals surface area contributed by atoms with Crippen molar-refractivity contribution in [1.29, 1.82) is 0 Å². The van der Waals surface area contributed by atoms with Crippen molar-refractivity contribution in [1.82, 2.24) is 5.32 Å². The molecule has 116 valence electrons. The van der Waals surface area contributed by atoms with Crippen LogP contribution in [0.5, 0.6) is 0 Å². The first-order valence-corrected chi connectivity index (χ1v) is 8.43. The molecule has 1 aliphatic rings. The van der Waals surface area contributed by atoms with Gasteiger partial charge in [-0.05, 0) is 24.5 Å². The Morgan fingerprint density at radius 2 is 2.14 bits per heavy atom. The largest absolute Gasteiger partial charge is 0.468 e. The number of carbonyl (C=O) groups excluding carboxylic acids is 1. The molecule has 0 spiro atoms. The van der Waals surface area contributed by atoms with Crippen LogP contribution in [0.4, 0.5) is 5.69 Å². The van der Waals surface area contributed by atoms with Gasteiger partial charge in [0.15, 0.2) is 0 Å². The van der Waals surface area contributed by atoms with E-state index in [0.29, 0.717) is 5.69 Å². The van der Waals surface area contributed by atoms with Crippen LogP contribution in [0.15, 0.2) is 24.3 Å². The van der Waals surface area contributed by atoms with Crippen molar-refractivity contribution >= 4 is 21.7 Å². The molecule has 0 saturated carbocycles. The molecule has 0 amide bonds. The van der Waals surface area contributed by atoms with E-state index in [-0.39, 0.29) is 13.0 Å². The summed E-state index contributed by atoms with van der Waals surface area (Å²) in [4.78, 5) is 11.4. The minimum Gasteiger partial charge on any atom is -0.468 e. The number of anilines is 1. The molecule has 1 heterocycles. The first-order chi connectivity index (χ1) is 9.97. The Morgan fingerprint density at radius 3 is 2.81 bits per heavy atom. The number of esters is 1. The van der Waals surface area contributed by atoms with E-state index in [4.69, 9.17) is 0 Å². The number of carbonyl (C=O) groups is 1. The lowest BCUT2D eigenvalue weighted by atomic mass is 10.1. The maximum atomic E-state index is 12.4. The number of nitrogens with one attached hydrogen (secondary N) is 2. The molecular weight excluding hydrogens is 292 g/mol. The van der Waals surface area contributed by atoms with Gasteiger partial charge in [-0.25, -0.2) is 8.42 Å². The van der Waals surface area contributed by atoms with Crippen LogP contribution in [0.3, 0.4) is 0 Å². The van der Waals surface area contributed by atoms with Gasteiger partial charge < -0.3 is 10.1 Å². The highest BCUT2D eigenvalue weighted by Crippen LogP contribution is 2.22. The number of sulfonamides is 1. The van der Waals surface area contributed by atoms with Crippen LogP contribution in [0.2, 0.25) is 0 Å². The van der Waals surface area contributed by atoms with Gasteiger partial charge in [-0.3, -0.25) is 9.52 Å². The summed E-state index contributed by atoms with van der Waals surface area (Å²) in [5.41, 5.74) is 1.54. The Morgan fingerprint density at radius 1 is 1.43 bits per heavy atom. The second kappa shape index (κ2) is 6.44. The van der Waals surface area contributed by atoms with E-state index in [1.807, 2.05) is 19.1 Å². The van der Waals surface area contributed by atoms with Gasteiger partial charge in [0.2, 0.25) is 10.0 Å². The Balaban J connectivity index is 2.11. The molecule has 21 heavy (non-hydrogen) atoms. The number of aryl methyl sites for hydroxylation is 1. The quantitative estimate of drug-likeness (QED) is 0.789. The number of rotatable bonds is 5. The predicted molar refractivity (Wildman–Crippen MR) is 80.6 cm³/mol.